The van der Waals surface area contributed by atoms with Gasteiger partial charge in [-0.2, -0.15) is 0 Å². The van der Waals surface area contributed by atoms with Crippen LogP contribution in [0.4, 0.5) is 0 Å². The molecule has 0 amide bonds. The number of hydrogen-bond acceptors (Lipinski definition) is 3. The molecule has 130 valence electrons. The molecule has 0 atom stereocenters. The van der Waals surface area contributed by atoms with Gasteiger partial charge in [0.25, 0.3) is 0 Å². The molecule has 1 N–H and O–H groups in total. The Morgan fingerprint density at radius 2 is 1.74 bits per heavy atom. The van der Waals surface area contributed by atoms with E-state index in [0.29, 0.717) is 4.90 Å². The van der Waals surface area contributed by atoms with E-state index in [1.54, 1.807) is 12.1 Å². The monoisotopic (exact) mass is 338 g/mol. The highest BCUT2D eigenvalue weighted by molar-refractivity contribution is 7.89. The third kappa shape index (κ3) is 5.59. The van der Waals surface area contributed by atoms with Crippen LogP contribution in [0, 0.1) is 0 Å². The fourth-order valence-electron chi connectivity index (χ4n) is 3.09. The first-order chi connectivity index (χ1) is 11.0. The van der Waals surface area contributed by atoms with Crippen LogP contribution in [0.25, 0.3) is 0 Å². The number of rotatable bonds is 8. The maximum absolute atomic E-state index is 12.5. The topological polar surface area (TPSA) is 49.4 Å². The molecule has 1 fully saturated rings. The van der Waals surface area contributed by atoms with E-state index in [1.807, 2.05) is 12.1 Å². The van der Waals surface area contributed by atoms with Crippen molar-refractivity contribution in [1.82, 2.24) is 9.62 Å². The maximum atomic E-state index is 12.5. The summed E-state index contributed by atoms with van der Waals surface area (Å²) in [6, 6.07) is 7.41. The van der Waals surface area contributed by atoms with Crippen molar-refractivity contribution in [3.8, 4) is 0 Å². The van der Waals surface area contributed by atoms with Gasteiger partial charge < -0.3 is 4.90 Å². The molecule has 0 spiro atoms. The number of nitrogens with one attached hydrogen (secondary N) is 1. The molecule has 1 saturated heterocycles. The zero-order chi connectivity index (χ0) is 16.7. The Morgan fingerprint density at radius 3 is 2.30 bits per heavy atom. The van der Waals surface area contributed by atoms with Gasteiger partial charge in [0, 0.05) is 6.04 Å². The fraction of sp³-hybridized carbons (Fsp3) is 0.667. The van der Waals surface area contributed by atoms with E-state index < -0.39 is 10.0 Å². The van der Waals surface area contributed by atoms with Gasteiger partial charge in [-0.1, -0.05) is 32.4 Å². The fourth-order valence-corrected chi connectivity index (χ4v) is 4.40. The predicted molar refractivity (Wildman–Crippen MR) is 95.1 cm³/mol. The highest BCUT2D eigenvalue weighted by atomic mass is 32.2. The summed E-state index contributed by atoms with van der Waals surface area (Å²) in [5.74, 6) is 0. The molecular formula is C18H30N2O2S. The quantitative estimate of drug-likeness (QED) is 0.792. The lowest BCUT2D eigenvalue weighted by atomic mass is 10.1. The van der Waals surface area contributed by atoms with Gasteiger partial charge in [0.15, 0.2) is 0 Å². The Kier molecular flexibility index (Phi) is 7.06. The van der Waals surface area contributed by atoms with Crippen molar-refractivity contribution in [1.29, 1.82) is 0 Å². The van der Waals surface area contributed by atoms with Crippen molar-refractivity contribution in [3.05, 3.63) is 29.8 Å². The van der Waals surface area contributed by atoms with Crippen molar-refractivity contribution in [2.24, 2.45) is 0 Å². The molecule has 1 heterocycles. The van der Waals surface area contributed by atoms with Gasteiger partial charge in [0.2, 0.25) is 10.0 Å². The molecule has 5 heteroatoms. The van der Waals surface area contributed by atoms with Crippen LogP contribution in [0.1, 0.15) is 51.5 Å². The Balaban J connectivity index is 1.91. The molecule has 1 aliphatic heterocycles. The average molecular weight is 339 g/mol. The largest absolute Gasteiger partial charge is 0.303 e. The lowest BCUT2D eigenvalue weighted by Gasteiger charge is -2.31. The lowest BCUT2D eigenvalue weighted by molar-refractivity contribution is 0.208. The summed E-state index contributed by atoms with van der Waals surface area (Å²) >= 11 is 0. The summed E-state index contributed by atoms with van der Waals surface area (Å²) in [6.07, 6.45) is 6.25. The zero-order valence-electron chi connectivity index (χ0n) is 14.4. The molecule has 0 aliphatic carbocycles. The Hall–Kier alpha value is -0.910. The van der Waals surface area contributed by atoms with Crippen LogP contribution in [0.2, 0.25) is 0 Å². The SMILES string of the molecule is CCCCc1ccc(S(=O)(=O)NC2CCN(CCC)CC2)cc1. The Morgan fingerprint density at radius 1 is 1.09 bits per heavy atom. The van der Waals surface area contributed by atoms with Gasteiger partial charge in [-0.3, -0.25) is 0 Å². The second kappa shape index (κ2) is 8.81. The second-order valence-corrected chi connectivity index (χ2v) is 8.20. The summed E-state index contributed by atoms with van der Waals surface area (Å²) < 4.78 is 27.9. The van der Waals surface area contributed by atoms with Gasteiger partial charge in [0.05, 0.1) is 4.90 Å². The third-order valence-electron chi connectivity index (χ3n) is 4.50. The van der Waals surface area contributed by atoms with E-state index in [4.69, 9.17) is 0 Å². The van der Waals surface area contributed by atoms with Crippen molar-refractivity contribution < 1.29 is 8.42 Å². The van der Waals surface area contributed by atoms with Crippen molar-refractivity contribution >= 4 is 10.0 Å². The van der Waals surface area contributed by atoms with Gasteiger partial charge >= 0.3 is 0 Å². The smallest absolute Gasteiger partial charge is 0.240 e. The van der Waals surface area contributed by atoms with Crippen molar-refractivity contribution in [2.45, 2.75) is 63.3 Å². The number of unbranched alkanes of at least 4 members (excludes halogenated alkanes) is 1. The number of sulfonamides is 1. The number of likely N-dealkylation sites (tertiary alicyclic amines) is 1. The molecule has 1 aliphatic rings. The highest BCUT2D eigenvalue weighted by Crippen LogP contribution is 2.16. The van der Waals surface area contributed by atoms with E-state index in [1.165, 1.54) is 5.56 Å². The summed E-state index contributed by atoms with van der Waals surface area (Å²) in [7, 11) is -3.40. The normalized spacial score (nSPS) is 17.5. The Labute approximate surface area is 141 Å². The summed E-state index contributed by atoms with van der Waals surface area (Å²) in [5, 5.41) is 0. The average Bonchev–Trinajstić information content (AvgIpc) is 2.55. The van der Waals surface area contributed by atoms with Crippen LogP contribution in [0.15, 0.2) is 29.2 Å². The van der Waals surface area contributed by atoms with Gasteiger partial charge in [-0.15, -0.1) is 0 Å². The second-order valence-electron chi connectivity index (χ2n) is 6.48. The van der Waals surface area contributed by atoms with Crippen molar-refractivity contribution in [3.63, 3.8) is 0 Å². The van der Waals surface area contributed by atoms with Gasteiger partial charge in [-0.25, -0.2) is 13.1 Å². The molecule has 0 saturated carbocycles. The number of aryl methyl sites for hydroxylation is 1. The van der Waals surface area contributed by atoms with Crippen LogP contribution >= 0.6 is 0 Å². The number of hydrogen-bond donors (Lipinski definition) is 1. The molecular weight excluding hydrogens is 308 g/mol. The summed E-state index contributed by atoms with van der Waals surface area (Å²) in [5.41, 5.74) is 1.21. The molecule has 0 bridgehead atoms. The molecule has 4 nitrogen and oxygen atoms in total. The molecule has 2 rings (SSSR count). The van der Waals surface area contributed by atoms with Crippen LogP contribution in [-0.4, -0.2) is 39.0 Å². The first kappa shape index (κ1) is 18.4. The minimum Gasteiger partial charge on any atom is -0.303 e. The zero-order valence-corrected chi connectivity index (χ0v) is 15.2. The van der Waals surface area contributed by atoms with E-state index >= 15 is 0 Å². The van der Waals surface area contributed by atoms with E-state index in [2.05, 4.69) is 23.5 Å². The molecule has 1 aromatic carbocycles. The maximum Gasteiger partial charge on any atom is 0.240 e. The number of benzene rings is 1. The minimum atomic E-state index is -3.40. The van der Waals surface area contributed by atoms with Gasteiger partial charge in [0.1, 0.15) is 0 Å². The standard InChI is InChI=1S/C18H30N2O2S/c1-3-5-6-16-7-9-18(10-8-16)23(21,22)19-17-11-14-20(13-4-2)15-12-17/h7-10,17,19H,3-6,11-15H2,1-2H3. The van der Waals surface area contributed by atoms with Gasteiger partial charge in [-0.05, 0) is 69.4 Å². The highest BCUT2D eigenvalue weighted by Gasteiger charge is 2.24. The molecule has 0 aromatic heterocycles. The minimum absolute atomic E-state index is 0.0628. The van der Waals surface area contributed by atoms with Crippen LogP contribution in [0.3, 0.4) is 0 Å². The van der Waals surface area contributed by atoms with Crippen LogP contribution < -0.4 is 4.72 Å². The third-order valence-corrected chi connectivity index (χ3v) is 6.04. The Bertz CT molecular complexity index is 561. The first-order valence-corrected chi connectivity index (χ1v) is 10.4. The molecule has 0 radical (unpaired) electrons. The summed E-state index contributed by atoms with van der Waals surface area (Å²) in [6.45, 7) is 7.42. The number of nitrogens with zero attached hydrogens (tertiary/aromatic N) is 1. The van der Waals surface area contributed by atoms with E-state index in [9.17, 15) is 8.42 Å². The molecule has 1 aromatic rings. The van der Waals surface area contributed by atoms with Crippen LogP contribution in [0.5, 0.6) is 0 Å². The van der Waals surface area contributed by atoms with E-state index in [-0.39, 0.29) is 6.04 Å². The predicted octanol–water partition coefficient (Wildman–Crippen LogP) is 3.18. The first-order valence-electron chi connectivity index (χ1n) is 8.88. The van der Waals surface area contributed by atoms with Crippen molar-refractivity contribution in [2.75, 3.05) is 19.6 Å². The van der Waals surface area contributed by atoms with E-state index in [0.717, 1.165) is 58.2 Å². The molecule has 23 heavy (non-hydrogen) atoms. The van der Waals surface area contributed by atoms with Crippen LogP contribution in [-0.2, 0) is 16.4 Å². The summed E-state index contributed by atoms with van der Waals surface area (Å²) in [4.78, 5) is 2.79. The molecule has 0 unspecified atom stereocenters. The number of piperidine rings is 1. The lowest BCUT2D eigenvalue weighted by Crippen LogP contribution is -2.44.